The number of carboxylic acid groups (broad SMARTS) is 1. The van der Waals surface area contributed by atoms with Crippen LogP contribution in [0.4, 0.5) is 0 Å². The Morgan fingerprint density at radius 2 is 1.94 bits per heavy atom. The van der Waals surface area contributed by atoms with Crippen molar-refractivity contribution in [2.75, 3.05) is 13.2 Å². The number of allylic oxidation sites excluding steroid dienone is 1. The Kier molecular flexibility index (Phi) is 8.86. The lowest BCUT2D eigenvalue weighted by Crippen LogP contribution is -2.36. The highest BCUT2D eigenvalue weighted by Gasteiger charge is 2.34. The number of hydrogen-bond acceptors (Lipinski definition) is 3. The predicted molar refractivity (Wildman–Crippen MR) is 132 cm³/mol. The quantitative estimate of drug-likeness (QED) is 0.426. The summed E-state index contributed by atoms with van der Waals surface area (Å²) in [5.41, 5.74) is 2.02. The number of carbonyl (C=O) groups excluding carboxylic acids is 1. The fourth-order valence-corrected chi connectivity index (χ4v) is 5.24. The van der Waals surface area contributed by atoms with Crippen molar-refractivity contribution in [3.05, 3.63) is 40.6 Å². The van der Waals surface area contributed by atoms with Crippen LogP contribution in [0.25, 0.3) is 0 Å². The number of carboxylic acids is 1. The van der Waals surface area contributed by atoms with Crippen LogP contribution in [0, 0.1) is 11.3 Å². The third-order valence-electron chi connectivity index (χ3n) is 6.89. The van der Waals surface area contributed by atoms with Gasteiger partial charge >= 0.3 is 5.97 Å². The van der Waals surface area contributed by atoms with E-state index in [0.717, 1.165) is 23.5 Å². The maximum Gasteiger partial charge on any atom is 0.303 e. The number of hydrogen-bond donors (Lipinski definition) is 1. The van der Waals surface area contributed by atoms with Gasteiger partial charge in [0, 0.05) is 31.5 Å². The third-order valence-corrected chi connectivity index (χ3v) is 7.19. The highest BCUT2D eigenvalue weighted by Crippen LogP contribution is 2.44. The second kappa shape index (κ2) is 11.4. The Morgan fingerprint density at radius 3 is 2.58 bits per heavy atom. The van der Waals surface area contributed by atoms with Crippen LogP contribution in [0.5, 0.6) is 5.75 Å². The van der Waals surface area contributed by atoms with E-state index in [0.29, 0.717) is 36.8 Å². The fraction of sp³-hybridized carbons (Fsp3) is 0.630. The first kappa shape index (κ1) is 25.6. The van der Waals surface area contributed by atoms with Crippen LogP contribution in [0.1, 0.15) is 90.0 Å². The van der Waals surface area contributed by atoms with Gasteiger partial charge in [0.1, 0.15) is 5.75 Å². The Labute approximate surface area is 203 Å². The topological polar surface area (TPSA) is 66.8 Å². The van der Waals surface area contributed by atoms with Gasteiger partial charge in [-0.1, -0.05) is 70.5 Å². The molecule has 1 amide bonds. The Balaban J connectivity index is 1.70. The zero-order chi connectivity index (χ0) is 24.0. The molecule has 1 aromatic carbocycles. The average molecular weight is 476 g/mol. The maximum atomic E-state index is 12.8. The van der Waals surface area contributed by atoms with E-state index in [4.69, 9.17) is 21.4 Å². The molecule has 0 spiro atoms. The highest BCUT2D eigenvalue weighted by atomic mass is 35.5. The van der Waals surface area contributed by atoms with Crippen molar-refractivity contribution < 1.29 is 19.4 Å². The van der Waals surface area contributed by atoms with Crippen LogP contribution in [-0.4, -0.2) is 35.0 Å². The zero-order valence-electron chi connectivity index (χ0n) is 20.2. The van der Waals surface area contributed by atoms with E-state index in [1.54, 1.807) is 4.90 Å². The summed E-state index contributed by atoms with van der Waals surface area (Å²) in [5.74, 6) is 0.593. The number of halogens is 1. The zero-order valence-corrected chi connectivity index (χ0v) is 21.0. The first-order valence-corrected chi connectivity index (χ1v) is 12.7. The molecule has 5 nitrogen and oxygen atoms in total. The molecule has 182 valence electrons. The van der Waals surface area contributed by atoms with E-state index in [2.05, 4.69) is 20.8 Å². The SMILES string of the molecule is CC(C)(C)C1=CN(CCCC(=O)O)C(=O)CC1c1ccc(OCCC2CCCCC2)c(Cl)c1. The van der Waals surface area contributed by atoms with Gasteiger partial charge in [0.15, 0.2) is 0 Å². The summed E-state index contributed by atoms with van der Waals surface area (Å²) in [6.07, 6.45) is 10.5. The van der Waals surface area contributed by atoms with Gasteiger partial charge in [0.2, 0.25) is 5.91 Å². The number of rotatable bonds is 9. The minimum absolute atomic E-state index is 0.0160. The molecule has 1 atom stereocenters. The molecule has 1 unspecified atom stereocenters. The highest BCUT2D eigenvalue weighted by molar-refractivity contribution is 6.32. The van der Waals surface area contributed by atoms with Gasteiger partial charge in [-0.2, -0.15) is 0 Å². The Hall–Kier alpha value is -2.01. The number of aliphatic carboxylic acids is 1. The third kappa shape index (κ3) is 7.23. The van der Waals surface area contributed by atoms with Crippen LogP contribution >= 0.6 is 11.6 Å². The van der Waals surface area contributed by atoms with Gasteiger partial charge in [0.25, 0.3) is 0 Å². The first-order chi connectivity index (χ1) is 15.6. The van der Waals surface area contributed by atoms with Gasteiger partial charge in [-0.25, -0.2) is 0 Å². The first-order valence-electron chi connectivity index (χ1n) is 12.3. The van der Waals surface area contributed by atoms with Crippen molar-refractivity contribution >= 4 is 23.5 Å². The van der Waals surface area contributed by atoms with Crippen molar-refractivity contribution in [1.29, 1.82) is 0 Å². The van der Waals surface area contributed by atoms with Crippen molar-refractivity contribution in [3.63, 3.8) is 0 Å². The van der Waals surface area contributed by atoms with Gasteiger partial charge in [-0.15, -0.1) is 0 Å². The second-order valence-corrected chi connectivity index (χ2v) is 10.9. The number of carbonyl (C=O) groups is 2. The molecule has 6 heteroatoms. The lowest BCUT2D eigenvalue weighted by molar-refractivity contribution is -0.138. The second-order valence-electron chi connectivity index (χ2n) is 10.5. The number of benzene rings is 1. The fourth-order valence-electron chi connectivity index (χ4n) is 5.00. The van der Waals surface area contributed by atoms with Crippen LogP contribution in [0.3, 0.4) is 0 Å². The smallest absolute Gasteiger partial charge is 0.303 e. The van der Waals surface area contributed by atoms with Gasteiger partial charge < -0.3 is 14.7 Å². The summed E-state index contributed by atoms with van der Waals surface area (Å²) in [6, 6.07) is 5.90. The summed E-state index contributed by atoms with van der Waals surface area (Å²) >= 11 is 6.60. The molecule has 0 aromatic heterocycles. The van der Waals surface area contributed by atoms with Crippen molar-refractivity contribution in [2.24, 2.45) is 11.3 Å². The molecule has 1 aliphatic carbocycles. The largest absolute Gasteiger partial charge is 0.492 e. The molecule has 0 bridgehead atoms. The Bertz CT molecular complexity index is 867. The van der Waals surface area contributed by atoms with E-state index < -0.39 is 5.97 Å². The molecule has 33 heavy (non-hydrogen) atoms. The summed E-state index contributed by atoms with van der Waals surface area (Å²) in [5, 5.41) is 9.49. The van der Waals surface area contributed by atoms with Crippen LogP contribution in [0.2, 0.25) is 5.02 Å². The summed E-state index contributed by atoms with van der Waals surface area (Å²) in [6.45, 7) is 7.53. The monoisotopic (exact) mass is 475 g/mol. The summed E-state index contributed by atoms with van der Waals surface area (Å²) in [4.78, 5) is 25.4. The van der Waals surface area contributed by atoms with Crippen molar-refractivity contribution in [3.8, 4) is 5.75 Å². The van der Waals surface area contributed by atoms with E-state index in [1.807, 2.05) is 24.4 Å². The summed E-state index contributed by atoms with van der Waals surface area (Å²) in [7, 11) is 0. The maximum absolute atomic E-state index is 12.8. The molecule has 1 heterocycles. The van der Waals surface area contributed by atoms with E-state index >= 15 is 0 Å². The molecular formula is C27H38ClNO4. The lowest BCUT2D eigenvalue weighted by Gasteiger charge is -2.37. The van der Waals surface area contributed by atoms with Gasteiger partial charge in [0.05, 0.1) is 11.6 Å². The van der Waals surface area contributed by atoms with E-state index in [-0.39, 0.29) is 23.7 Å². The van der Waals surface area contributed by atoms with E-state index in [9.17, 15) is 9.59 Å². The minimum Gasteiger partial charge on any atom is -0.492 e. The van der Waals surface area contributed by atoms with Gasteiger partial charge in [-0.05, 0) is 47.4 Å². The predicted octanol–water partition coefficient (Wildman–Crippen LogP) is 6.80. The average Bonchev–Trinajstić information content (AvgIpc) is 2.75. The lowest BCUT2D eigenvalue weighted by atomic mass is 9.73. The molecule has 1 N–H and O–H groups in total. The molecule has 1 fully saturated rings. The Morgan fingerprint density at radius 1 is 1.21 bits per heavy atom. The molecule has 1 aliphatic heterocycles. The van der Waals surface area contributed by atoms with Crippen LogP contribution in [0.15, 0.2) is 30.0 Å². The van der Waals surface area contributed by atoms with Crippen LogP contribution in [-0.2, 0) is 9.59 Å². The normalized spacial score (nSPS) is 20.0. The molecular weight excluding hydrogens is 438 g/mol. The molecule has 1 aromatic rings. The number of ether oxygens (including phenoxy) is 1. The van der Waals surface area contributed by atoms with Gasteiger partial charge in [-0.3, -0.25) is 9.59 Å². The molecule has 1 saturated carbocycles. The standard InChI is InChI=1S/C27H38ClNO4/c1-27(2,3)22-18-29(14-7-10-26(31)32)25(30)17-21(22)20-11-12-24(23(28)16-20)33-15-13-19-8-5-4-6-9-19/h11-12,16,18-19,21H,4-10,13-15,17H2,1-3H3,(H,31,32). The molecule has 0 saturated heterocycles. The van der Waals surface area contributed by atoms with Crippen LogP contribution < -0.4 is 4.74 Å². The molecule has 0 radical (unpaired) electrons. The number of amides is 1. The molecule has 2 aliphatic rings. The summed E-state index contributed by atoms with van der Waals surface area (Å²) < 4.78 is 6.01. The number of nitrogens with zero attached hydrogens (tertiary/aromatic N) is 1. The minimum atomic E-state index is -0.840. The molecule has 3 rings (SSSR count). The van der Waals surface area contributed by atoms with Crippen molar-refractivity contribution in [2.45, 2.75) is 84.5 Å². The van der Waals surface area contributed by atoms with Crippen molar-refractivity contribution in [1.82, 2.24) is 4.90 Å². The van der Waals surface area contributed by atoms with E-state index in [1.165, 1.54) is 32.1 Å².